The minimum absolute atomic E-state index is 0.00584. The first kappa shape index (κ1) is 17.9. The highest BCUT2D eigenvalue weighted by atomic mass is 32.1. The molecule has 11 heteroatoms. The van der Waals surface area contributed by atoms with Gasteiger partial charge in [0.05, 0.1) is 21.8 Å². The Morgan fingerprint density at radius 1 is 1.07 bits per heavy atom. The predicted octanol–water partition coefficient (Wildman–Crippen LogP) is 3.78. The molecule has 0 saturated carbocycles. The van der Waals surface area contributed by atoms with E-state index < -0.39 is 9.85 Å². The number of phenols is 1. The number of hydrogen-bond donors (Lipinski definition) is 2. The minimum atomic E-state index is -0.568. The van der Waals surface area contributed by atoms with Gasteiger partial charge in [-0.2, -0.15) is 5.10 Å². The van der Waals surface area contributed by atoms with Gasteiger partial charge in [-0.15, -0.1) is 11.3 Å². The van der Waals surface area contributed by atoms with Crippen molar-refractivity contribution in [2.75, 3.05) is 5.43 Å². The maximum atomic E-state index is 10.8. The second-order valence-electron chi connectivity index (χ2n) is 5.21. The molecule has 1 heterocycles. The van der Waals surface area contributed by atoms with Gasteiger partial charge >= 0.3 is 0 Å². The highest BCUT2D eigenvalue weighted by Gasteiger charge is 2.10. The summed E-state index contributed by atoms with van der Waals surface area (Å²) < 4.78 is 0. The van der Waals surface area contributed by atoms with Crippen molar-refractivity contribution < 1.29 is 15.0 Å². The molecule has 3 aromatic rings. The number of rotatable bonds is 6. The van der Waals surface area contributed by atoms with Gasteiger partial charge in [-0.3, -0.25) is 25.7 Å². The quantitative estimate of drug-likeness (QED) is 0.373. The van der Waals surface area contributed by atoms with Gasteiger partial charge in [0.2, 0.25) is 5.13 Å². The summed E-state index contributed by atoms with van der Waals surface area (Å²) in [6.07, 6.45) is 1.25. The Kier molecular flexibility index (Phi) is 5.04. The SMILES string of the molecule is O=[N+]([O-])c1ccc(-c2csc(N/N=C\c3cc([N+](=O)[O-])ccc3O)n2)cc1. The molecule has 2 aromatic carbocycles. The average molecular weight is 385 g/mol. The van der Waals surface area contributed by atoms with Crippen LogP contribution in [0.15, 0.2) is 52.9 Å². The number of nitrogens with zero attached hydrogens (tertiary/aromatic N) is 4. The summed E-state index contributed by atoms with van der Waals surface area (Å²) >= 11 is 1.26. The van der Waals surface area contributed by atoms with Crippen molar-refractivity contribution in [2.45, 2.75) is 0 Å². The number of nitro benzene ring substituents is 2. The zero-order chi connectivity index (χ0) is 19.4. The van der Waals surface area contributed by atoms with E-state index in [0.29, 0.717) is 16.4 Å². The third-order valence-corrected chi connectivity index (χ3v) is 4.21. The van der Waals surface area contributed by atoms with Gasteiger partial charge in [0.1, 0.15) is 5.75 Å². The van der Waals surface area contributed by atoms with E-state index in [1.54, 1.807) is 17.5 Å². The number of hydrogen-bond acceptors (Lipinski definition) is 9. The normalized spacial score (nSPS) is 10.8. The van der Waals surface area contributed by atoms with Crippen molar-refractivity contribution in [3.8, 4) is 17.0 Å². The lowest BCUT2D eigenvalue weighted by molar-refractivity contribution is -0.385. The second-order valence-corrected chi connectivity index (χ2v) is 6.07. The molecule has 2 N–H and O–H groups in total. The summed E-state index contributed by atoms with van der Waals surface area (Å²) in [5.41, 5.74) is 4.02. The Hall–Kier alpha value is -3.86. The fraction of sp³-hybridized carbons (Fsp3) is 0. The number of phenolic OH excluding ortho intramolecular Hbond substituents is 1. The molecule has 0 aliphatic heterocycles. The summed E-state index contributed by atoms with van der Waals surface area (Å²) in [6.45, 7) is 0. The summed E-state index contributed by atoms with van der Waals surface area (Å²) in [4.78, 5) is 24.7. The summed E-state index contributed by atoms with van der Waals surface area (Å²) in [6, 6.07) is 9.59. The van der Waals surface area contributed by atoms with Crippen molar-refractivity contribution in [3.63, 3.8) is 0 Å². The van der Waals surface area contributed by atoms with Crippen LogP contribution in [0, 0.1) is 20.2 Å². The van der Waals surface area contributed by atoms with Gasteiger partial charge in [-0.1, -0.05) is 0 Å². The number of aromatic nitrogens is 1. The largest absolute Gasteiger partial charge is 0.507 e. The molecule has 0 spiro atoms. The van der Waals surface area contributed by atoms with Crippen molar-refractivity contribution in [3.05, 3.63) is 73.6 Å². The molecule has 0 fully saturated rings. The van der Waals surface area contributed by atoms with Gasteiger partial charge in [-0.25, -0.2) is 4.98 Å². The van der Waals surface area contributed by atoms with Crippen LogP contribution in [0.25, 0.3) is 11.3 Å². The number of nitrogens with one attached hydrogen (secondary N) is 1. The van der Waals surface area contributed by atoms with Crippen molar-refractivity contribution >= 4 is 34.1 Å². The van der Waals surface area contributed by atoms with E-state index >= 15 is 0 Å². The van der Waals surface area contributed by atoms with E-state index in [1.807, 2.05) is 0 Å². The monoisotopic (exact) mass is 385 g/mol. The zero-order valence-corrected chi connectivity index (χ0v) is 14.3. The van der Waals surface area contributed by atoms with Crippen molar-refractivity contribution in [2.24, 2.45) is 5.10 Å². The van der Waals surface area contributed by atoms with E-state index in [2.05, 4.69) is 15.5 Å². The van der Waals surface area contributed by atoms with Gasteiger partial charge in [0.25, 0.3) is 11.4 Å². The number of aromatic hydroxyl groups is 1. The molecule has 27 heavy (non-hydrogen) atoms. The standard InChI is InChI=1S/C16H11N5O5S/c22-15-6-5-13(21(25)26)7-11(15)8-17-19-16-18-14(9-27-16)10-1-3-12(4-2-10)20(23)24/h1-9,22H,(H,18,19)/b17-8-. The third-order valence-electron chi connectivity index (χ3n) is 3.46. The second kappa shape index (κ2) is 7.58. The zero-order valence-electron chi connectivity index (χ0n) is 13.5. The highest BCUT2D eigenvalue weighted by Crippen LogP contribution is 2.26. The van der Waals surface area contributed by atoms with Gasteiger partial charge in [0, 0.05) is 40.8 Å². The predicted molar refractivity (Wildman–Crippen MR) is 100 cm³/mol. The molecule has 10 nitrogen and oxygen atoms in total. The number of anilines is 1. The topological polar surface area (TPSA) is 144 Å². The number of non-ortho nitro benzene ring substituents is 2. The summed E-state index contributed by atoms with van der Waals surface area (Å²) in [5, 5.41) is 37.3. The minimum Gasteiger partial charge on any atom is -0.507 e. The first-order chi connectivity index (χ1) is 12.9. The van der Waals surface area contributed by atoms with E-state index in [9.17, 15) is 25.3 Å². The van der Waals surface area contributed by atoms with E-state index in [1.165, 1.54) is 47.9 Å². The van der Waals surface area contributed by atoms with Crippen LogP contribution >= 0.6 is 11.3 Å². The maximum Gasteiger partial charge on any atom is 0.270 e. The molecule has 1 aromatic heterocycles. The van der Waals surface area contributed by atoms with Crippen LogP contribution < -0.4 is 5.43 Å². The molecule has 0 aliphatic carbocycles. The number of benzene rings is 2. The fourth-order valence-electron chi connectivity index (χ4n) is 2.13. The lowest BCUT2D eigenvalue weighted by Gasteiger charge is -1.99. The maximum absolute atomic E-state index is 10.8. The Balaban J connectivity index is 1.71. The first-order valence-electron chi connectivity index (χ1n) is 7.41. The molecule has 0 unspecified atom stereocenters. The fourth-order valence-corrected chi connectivity index (χ4v) is 2.80. The summed E-state index contributed by atoms with van der Waals surface area (Å²) in [5.74, 6) is -0.142. The Morgan fingerprint density at radius 3 is 2.41 bits per heavy atom. The molecule has 0 amide bonds. The molecule has 0 bridgehead atoms. The van der Waals surface area contributed by atoms with Crippen molar-refractivity contribution in [1.29, 1.82) is 0 Å². The van der Waals surface area contributed by atoms with Crippen LogP contribution in [0.5, 0.6) is 5.75 Å². The Morgan fingerprint density at radius 2 is 1.74 bits per heavy atom. The number of hydrazone groups is 1. The van der Waals surface area contributed by atoms with Gasteiger partial charge in [0.15, 0.2) is 0 Å². The van der Waals surface area contributed by atoms with Crippen LogP contribution in [0.4, 0.5) is 16.5 Å². The van der Waals surface area contributed by atoms with Crippen LogP contribution in [-0.4, -0.2) is 26.2 Å². The van der Waals surface area contributed by atoms with Gasteiger partial charge < -0.3 is 5.11 Å². The van der Waals surface area contributed by atoms with Crippen LogP contribution in [0.1, 0.15) is 5.56 Å². The van der Waals surface area contributed by atoms with Crippen LogP contribution in [0.3, 0.4) is 0 Å². The smallest absolute Gasteiger partial charge is 0.270 e. The van der Waals surface area contributed by atoms with E-state index in [0.717, 1.165) is 0 Å². The number of thiazole rings is 1. The number of nitro groups is 2. The summed E-state index contributed by atoms with van der Waals surface area (Å²) in [7, 11) is 0. The molecule has 3 rings (SSSR count). The molecule has 0 saturated heterocycles. The van der Waals surface area contributed by atoms with E-state index in [-0.39, 0.29) is 22.7 Å². The molecule has 0 aliphatic rings. The Labute approximate surface area is 155 Å². The molecular formula is C16H11N5O5S. The third kappa shape index (κ3) is 4.22. The van der Waals surface area contributed by atoms with Gasteiger partial charge in [-0.05, 0) is 18.2 Å². The van der Waals surface area contributed by atoms with Crippen LogP contribution in [0.2, 0.25) is 0 Å². The molecule has 0 radical (unpaired) electrons. The highest BCUT2D eigenvalue weighted by molar-refractivity contribution is 7.14. The van der Waals surface area contributed by atoms with Crippen LogP contribution in [-0.2, 0) is 0 Å². The molecule has 0 atom stereocenters. The molecular weight excluding hydrogens is 374 g/mol. The van der Waals surface area contributed by atoms with Crippen molar-refractivity contribution in [1.82, 2.24) is 4.98 Å². The first-order valence-corrected chi connectivity index (χ1v) is 8.29. The Bertz CT molecular complexity index is 1030. The average Bonchev–Trinajstić information content (AvgIpc) is 3.12. The lowest BCUT2D eigenvalue weighted by atomic mass is 10.1. The lowest BCUT2D eigenvalue weighted by Crippen LogP contribution is -1.93. The molecule has 136 valence electrons. The van der Waals surface area contributed by atoms with E-state index in [4.69, 9.17) is 0 Å².